The number of rotatable bonds is 1. The van der Waals surface area contributed by atoms with Crippen molar-refractivity contribution in [1.82, 2.24) is 15.0 Å². The van der Waals surface area contributed by atoms with Gasteiger partial charge in [0.05, 0.1) is 12.1 Å². The molecule has 2 amide bonds. The maximum atomic E-state index is 11.6. The standard InChI is InChI=1S/C11H9N3O3/c15-9-4-7(11(16)13-9)8-5-14(17)10-6(8)2-1-3-12-10/h1-3,5,7,17H,4H2,(H,13,15,16). The van der Waals surface area contributed by atoms with Crippen LogP contribution in [-0.2, 0) is 9.59 Å². The number of fused-ring (bicyclic) bond motifs is 1. The third-order valence-corrected chi connectivity index (χ3v) is 2.92. The van der Waals surface area contributed by atoms with Crippen molar-refractivity contribution in [1.29, 1.82) is 0 Å². The van der Waals surface area contributed by atoms with Crippen molar-refractivity contribution in [3.8, 4) is 0 Å². The minimum atomic E-state index is -0.539. The Bertz CT molecular complexity index is 632. The predicted molar refractivity (Wildman–Crippen MR) is 57.4 cm³/mol. The molecule has 3 heterocycles. The highest BCUT2D eigenvalue weighted by atomic mass is 16.5. The van der Waals surface area contributed by atoms with Crippen LogP contribution in [0.2, 0.25) is 0 Å². The summed E-state index contributed by atoms with van der Waals surface area (Å²) in [6.07, 6.45) is 3.10. The van der Waals surface area contributed by atoms with Crippen molar-refractivity contribution in [2.24, 2.45) is 0 Å². The van der Waals surface area contributed by atoms with Crippen LogP contribution in [0.5, 0.6) is 0 Å². The first-order valence-electron chi connectivity index (χ1n) is 5.16. The van der Waals surface area contributed by atoms with Crippen LogP contribution in [0.4, 0.5) is 0 Å². The summed E-state index contributed by atoms with van der Waals surface area (Å²) in [7, 11) is 0. The molecule has 0 spiro atoms. The fraction of sp³-hybridized carbons (Fsp3) is 0.182. The first-order chi connectivity index (χ1) is 8.16. The number of hydrogen-bond acceptors (Lipinski definition) is 4. The zero-order valence-electron chi connectivity index (χ0n) is 8.75. The van der Waals surface area contributed by atoms with Gasteiger partial charge in [0.2, 0.25) is 11.8 Å². The van der Waals surface area contributed by atoms with E-state index in [0.717, 1.165) is 4.73 Å². The minimum Gasteiger partial charge on any atom is -0.427 e. The summed E-state index contributed by atoms with van der Waals surface area (Å²) in [6, 6.07) is 3.49. The molecule has 0 aromatic carbocycles. The van der Waals surface area contributed by atoms with Crippen LogP contribution in [0.1, 0.15) is 17.9 Å². The van der Waals surface area contributed by atoms with Gasteiger partial charge in [-0.25, -0.2) is 4.98 Å². The Balaban J connectivity index is 2.18. The number of aromatic nitrogens is 2. The second kappa shape index (κ2) is 3.31. The maximum absolute atomic E-state index is 11.6. The Labute approximate surface area is 95.8 Å². The largest absolute Gasteiger partial charge is 0.427 e. The molecule has 1 aliphatic rings. The molecule has 17 heavy (non-hydrogen) atoms. The van der Waals surface area contributed by atoms with E-state index in [4.69, 9.17) is 0 Å². The van der Waals surface area contributed by atoms with Gasteiger partial charge in [-0.15, -0.1) is 0 Å². The number of carbonyl (C=O) groups excluding carboxylic acids is 2. The van der Waals surface area contributed by atoms with Crippen LogP contribution in [0, 0.1) is 0 Å². The van der Waals surface area contributed by atoms with Crippen LogP contribution in [0.15, 0.2) is 24.5 Å². The molecular weight excluding hydrogens is 222 g/mol. The highest BCUT2D eigenvalue weighted by Crippen LogP contribution is 2.30. The lowest BCUT2D eigenvalue weighted by Gasteiger charge is -2.02. The van der Waals surface area contributed by atoms with E-state index in [1.54, 1.807) is 18.3 Å². The molecule has 1 unspecified atom stereocenters. The molecule has 1 aliphatic heterocycles. The molecule has 2 N–H and O–H groups in total. The lowest BCUT2D eigenvalue weighted by Crippen LogP contribution is -2.21. The van der Waals surface area contributed by atoms with Gasteiger partial charge in [-0.3, -0.25) is 14.9 Å². The van der Waals surface area contributed by atoms with Crippen LogP contribution >= 0.6 is 0 Å². The van der Waals surface area contributed by atoms with Gasteiger partial charge in [-0.05, 0) is 17.7 Å². The molecule has 3 rings (SSSR count). The molecule has 2 aromatic heterocycles. The quantitative estimate of drug-likeness (QED) is 0.549. The molecule has 1 fully saturated rings. The Morgan fingerprint density at radius 3 is 3.00 bits per heavy atom. The topological polar surface area (TPSA) is 84.2 Å². The van der Waals surface area contributed by atoms with Gasteiger partial charge in [-0.1, -0.05) is 0 Å². The Kier molecular flexibility index (Phi) is 1.91. The van der Waals surface area contributed by atoms with E-state index in [2.05, 4.69) is 10.3 Å². The van der Waals surface area contributed by atoms with Gasteiger partial charge in [-0.2, -0.15) is 4.73 Å². The van der Waals surface area contributed by atoms with Crippen molar-refractivity contribution in [2.75, 3.05) is 0 Å². The maximum Gasteiger partial charge on any atom is 0.234 e. The lowest BCUT2D eigenvalue weighted by molar-refractivity contribution is -0.125. The molecule has 0 bridgehead atoms. The normalized spacial score (nSPS) is 19.9. The van der Waals surface area contributed by atoms with Crippen LogP contribution in [0.25, 0.3) is 11.0 Å². The van der Waals surface area contributed by atoms with Gasteiger partial charge in [0, 0.05) is 18.0 Å². The number of amides is 2. The van der Waals surface area contributed by atoms with Crippen molar-refractivity contribution >= 4 is 22.8 Å². The smallest absolute Gasteiger partial charge is 0.234 e. The van der Waals surface area contributed by atoms with E-state index >= 15 is 0 Å². The van der Waals surface area contributed by atoms with Crippen molar-refractivity contribution in [3.05, 3.63) is 30.1 Å². The fourth-order valence-corrected chi connectivity index (χ4v) is 2.15. The van der Waals surface area contributed by atoms with E-state index in [-0.39, 0.29) is 18.2 Å². The van der Waals surface area contributed by atoms with Crippen LogP contribution < -0.4 is 5.32 Å². The summed E-state index contributed by atoms with van der Waals surface area (Å²) >= 11 is 0. The summed E-state index contributed by atoms with van der Waals surface area (Å²) in [5, 5.41) is 12.6. The van der Waals surface area contributed by atoms with Crippen LogP contribution in [0.3, 0.4) is 0 Å². The van der Waals surface area contributed by atoms with Crippen molar-refractivity contribution < 1.29 is 14.8 Å². The van der Waals surface area contributed by atoms with Crippen molar-refractivity contribution in [2.45, 2.75) is 12.3 Å². The predicted octanol–water partition coefficient (Wildman–Crippen LogP) is 0.404. The molecule has 0 radical (unpaired) electrons. The van der Waals surface area contributed by atoms with Crippen molar-refractivity contribution in [3.63, 3.8) is 0 Å². The fourth-order valence-electron chi connectivity index (χ4n) is 2.15. The van der Waals surface area contributed by atoms with Gasteiger partial charge in [0.1, 0.15) is 0 Å². The molecule has 0 aliphatic carbocycles. The van der Waals surface area contributed by atoms with Crippen LogP contribution in [-0.4, -0.2) is 26.7 Å². The van der Waals surface area contributed by atoms with E-state index in [9.17, 15) is 14.8 Å². The molecule has 86 valence electrons. The number of imide groups is 1. The van der Waals surface area contributed by atoms with Gasteiger partial charge in [0.15, 0.2) is 5.65 Å². The molecule has 2 aromatic rings. The van der Waals surface area contributed by atoms with E-state index in [1.807, 2.05) is 0 Å². The molecular formula is C11H9N3O3. The number of carbonyl (C=O) groups is 2. The van der Waals surface area contributed by atoms with E-state index < -0.39 is 5.92 Å². The summed E-state index contributed by atoms with van der Waals surface area (Å²) in [5.74, 6) is -1.16. The molecule has 0 saturated carbocycles. The molecule has 6 nitrogen and oxygen atoms in total. The SMILES string of the molecule is O=C1CC(c2cn(O)c3ncccc23)C(=O)N1. The minimum absolute atomic E-state index is 0.118. The average Bonchev–Trinajstić information content (AvgIpc) is 2.80. The molecule has 6 heteroatoms. The lowest BCUT2D eigenvalue weighted by atomic mass is 9.98. The molecule has 1 saturated heterocycles. The zero-order chi connectivity index (χ0) is 12.0. The Morgan fingerprint density at radius 2 is 2.29 bits per heavy atom. The zero-order valence-corrected chi connectivity index (χ0v) is 8.75. The van der Waals surface area contributed by atoms with Gasteiger partial charge >= 0.3 is 0 Å². The Hall–Kier alpha value is -2.37. The third-order valence-electron chi connectivity index (χ3n) is 2.92. The average molecular weight is 231 g/mol. The van der Waals surface area contributed by atoms with E-state index in [1.165, 1.54) is 6.20 Å². The highest BCUT2D eigenvalue weighted by Gasteiger charge is 2.34. The number of nitrogens with zero attached hydrogens (tertiary/aromatic N) is 2. The third kappa shape index (κ3) is 1.37. The van der Waals surface area contributed by atoms with Gasteiger partial charge in [0.25, 0.3) is 0 Å². The second-order valence-electron chi connectivity index (χ2n) is 3.97. The summed E-state index contributed by atoms with van der Waals surface area (Å²) in [4.78, 5) is 26.8. The van der Waals surface area contributed by atoms with E-state index in [0.29, 0.717) is 16.6 Å². The first kappa shape index (κ1) is 9.83. The number of pyridine rings is 1. The van der Waals surface area contributed by atoms with Gasteiger partial charge < -0.3 is 5.21 Å². The Morgan fingerprint density at radius 1 is 1.47 bits per heavy atom. The highest BCUT2D eigenvalue weighted by molar-refractivity contribution is 6.07. The summed E-state index contributed by atoms with van der Waals surface area (Å²) in [6.45, 7) is 0. The number of hydrogen-bond donors (Lipinski definition) is 2. The monoisotopic (exact) mass is 231 g/mol. The summed E-state index contributed by atoms with van der Waals surface area (Å²) in [5.41, 5.74) is 1.01. The second-order valence-corrected chi connectivity index (χ2v) is 3.97. The number of nitrogens with one attached hydrogen (secondary N) is 1. The summed E-state index contributed by atoms with van der Waals surface area (Å²) < 4.78 is 0.876. The molecule has 1 atom stereocenters. The first-order valence-corrected chi connectivity index (χ1v) is 5.16.